The highest BCUT2D eigenvalue weighted by molar-refractivity contribution is 5.23. The zero-order valence-electron chi connectivity index (χ0n) is 13.0. The Hall–Kier alpha value is -1.99. The van der Waals surface area contributed by atoms with E-state index in [1.165, 1.54) is 5.69 Å². The Morgan fingerprint density at radius 1 is 1.36 bits per heavy atom. The lowest BCUT2D eigenvalue weighted by atomic mass is 10.2. The van der Waals surface area contributed by atoms with Gasteiger partial charge in [0.1, 0.15) is 5.82 Å². The SMILES string of the molecule is Cc1nc2c(c(=O)n1C)CN(Cc1cc3n(n1)CCNC3)C2. The molecule has 2 aromatic rings. The highest BCUT2D eigenvalue weighted by Crippen LogP contribution is 2.20. The van der Waals surface area contributed by atoms with E-state index in [1.54, 1.807) is 11.6 Å². The summed E-state index contributed by atoms with van der Waals surface area (Å²) in [6.45, 7) is 6.82. The van der Waals surface area contributed by atoms with E-state index in [9.17, 15) is 4.79 Å². The van der Waals surface area contributed by atoms with Crippen LogP contribution in [0, 0.1) is 6.92 Å². The van der Waals surface area contributed by atoms with Crippen molar-refractivity contribution in [3.63, 3.8) is 0 Å². The average Bonchev–Trinajstić information content (AvgIpc) is 3.08. The molecule has 4 heterocycles. The summed E-state index contributed by atoms with van der Waals surface area (Å²) in [5, 5.41) is 8.02. The molecule has 7 heteroatoms. The molecule has 22 heavy (non-hydrogen) atoms. The van der Waals surface area contributed by atoms with Gasteiger partial charge in [-0.3, -0.25) is 18.9 Å². The van der Waals surface area contributed by atoms with Crippen LogP contribution < -0.4 is 10.9 Å². The Bertz CT molecular complexity index is 767. The predicted octanol–water partition coefficient (Wildman–Crippen LogP) is -0.0958. The van der Waals surface area contributed by atoms with Crippen LogP contribution in [-0.2, 0) is 39.8 Å². The molecule has 2 aromatic heterocycles. The van der Waals surface area contributed by atoms with Gasteiger partial charge in [-0.1, -0.05) is 0 Å². The van der Waals surface area contributed by atoms with Gasteiger partial charge in [0, 0.05) is 39.8 Å². The molecule has 1 N–H and O–H groups in total. The van der Waals surface area contributed by atoms with Gasteiger partial charge in [-0.2, -0.15) is 5.10 Å². The van der Waals surface area contributed by atoms with E-state index in [2.05, 4.69) is 31.0 Å². The fourth-order valence-corrected chi connectivity index (χ4v) is 3.26. The predicted molar refractivity (Wildman–Crippen MR) is 81.1 cm³/mol. The first-order chi connectivity index (χ1) is 10.6. The Labute approximate surface area is 128 Å². The van der Waals surface area contributed by atoms with E-state index in [0.717, 1.165) is 55.5 Å². The van der Waals surface area contributed by atoms with Crippen molar-refractivity contribution in [3.8, 4) is 0 Å². The van der Waals surface area contributed by atoms with Gasteiger partial charge in [0.25, 0.3) is 5.56 Å². The van der Waals surface area contributed by atoms with Crippen LogP contribution in [0.15, 0.2) is 10.9 Å². The zero-order chi connectivity index (χ0) is 15.3. The molecule has 4 rings (SSSR count). The number of aromatic nitrogens is 4. The summed E-state index contributed by atoms with van der Waals surface area (Å²) in [5.74, 6) is 0.772. The van der Waals surface area contributed by atoms with E-state index in [-0.39, 0.29) is 5.56 Å². The van der Waals surface area contributed by atoms with Crippen LogP contribution in [-0.4, -0.2) is 30.8 Å². The number of aryl methyl sites for hydroxylation is 1. The van der Waals surface area contributed by atoms with Gasteiger partial charge in [-0.15, -0.1) is 0 Å². The maximum atomic E-state index is 12.3. The van der Waals surface area contributed by atoms with Crippen LogP contribution in [0.3, 0.4) is 0 Å². The first-order valence-corrected chi connectivity index (χ1v) is 7.66. The summed E-state index contributed by atoms with van der Waals surface area (Å²) >= 11 is 0. The number of hydrogen-bond donors (Lipinski definition) is 1. The highest BCUT2D eigenvalue weighted by Gasteiger charge is 2.25. The van der Waals surface area contributed by atoms with Gasteiger partial charge in [0.15, 0.2) is 0 Å². The van der Waals surface area contributed by atoms with Gasteiger partial charge in [0.05, 0.1) is 29.2 Å². The minimum Gasteiger partial charge on any atom is -0.309 e. The Morgan fingerprint density at radius 2 is 2.23 bits per heavy atom. The third-order valence-corrected chi connectivity index (χ3v) is 4.55. The topological polar surface area (TPSA) is 68.0 Å². The summed E-state index contributed by atoms with van der Waals surface area (Å²) < 4.78 is 3.71. The third-order valence-electron chi connectivity index (χ3n) is 4.55. The van der Waals surface area contributed by atoms with E-state index in [4.69, 9.17) is 0 Å². The highest BCUT2D eigenvalue weighted by atomic mass is 16.1. The fourth-order valence-electron chi connectivity index (χ4n) is 3.26. The lowest BCUT2D eigenvalue weighted by Crippen LogP contribution is -2.28. The maximum absolute atomic E-state index is 12.3. The van der Waals surface area contributed by atoms with Crippen molar-refractivity contribution in [3.05, 3.63) is 44.9 Å². The normalized spacial score (nSPS) is 17.5. The van der Waals surface area contributed by atoms with Crippen LogP contribution >= 0.6 is 0 Å². The van der Waals surface area contributed by atoms with Crippen LogP contribution in [0.4, 0.5) is 0 Å². The van der Waals surface area contributed by atoms with Gasteiger partial charge < -0.3 is 5.32 Å². The summed E-state index contributed by atoms with van der Waals surface area (Å²) in [5.41, 5.74) is 4.14. The molecule has 0 saturated heterocycles. The Kier molecular flexibility index (Phi) is 3.12. The Balaban J connectivity index is 1.55. The second-order valence-corrected chi connectivity index (χ2v) is 6.12. The lowest BCUT2D eigenvalue weighted by molar-refractivity contribution is 0.269. The second kappa shape index (κ2) is 5.03. The maximum Gasteiger partial charge on any atom is 0.258 e. The van der Waals surface area contributed by atoms with E-state index >= 15 is 0 Å². The van der Waals surface area contributed by atoms with Crippen molar-refractivity contribution in [1.29, 1.82) is 0 Å². The molecule has 0 aromatic carbocycles. The third kappa shape index (κ3) is 2.17. The standard InChI is InChI=1S/C15H20N6O/c1-10-17-14-9-20(8-13(14)15(22)19(10)2)7-11-5-12-6-16-3-4-21(12)18-11/h5,16H,3-4,6-9H2,1-2H3. The molecule has 116 valence electrons. The van der Waals surface area contributed by atoms with Crippen molar-refractivity contribution in [1.82, 2.24) is 29.5 Å². The molecule has 0 bridgehead atoms. The first-order valence-electron chi connectivity index (χ1n) is 7.66. The molecule has 0 unspecified atom stereocenters. The van der Waals surface area contributed by atoms with Crippen molar-refractivity contribution in [2.24, 2.45) is 7.05 Å². The van der Waals surface area contributed by atoms with E-state index < -0.39 is 0 Å². The van der Waals surface area contributed by atoms with Crippen LogP contribution in [0.25, 0.3) is 0 Å². The van der Waals surface area contributed by atoms with Gasteiger partial charge >= 0.3 is 0 Å². The van der Waals surface area contributed by atoms with E-state index in [0.29, 0.717) is 6.54 Å². The zero-order valence-corrected chi connectivity index (χ0v) is 13.0. The van der Waals surface area contributed by atoms with Crippen molar-refractivity contribution in [2.75, 3.05) is 6.54 Å². The number of nitrogens with zero attached hydrogens (tertiary/aromatic N) is 5. The first kappa shape index (κ1) is 13.7. The summed E-state index contributed by atoms with van der Waals surface area (Å²) in [4.78, 5) is 19.1. The number of fused-ring (bicyclic) bond motifs is 2. The van der Waals surface area contributed by atoms with Crippen molar-refractivity contribution in [2.45, 2.75) is 39.6 Å². The molecule has 0 spiro atoms. The minimum absolute atomic E-state index is 0.0818. The van der Waals surface area contributed by atoms with Crippen molar-refractivity contribution >= 4 is 0 Å². The summed E-state index contributed by atoms with van der Waals surface area (Å²) in [6.07, 6.45) is 0. The van der Waals surface area contributed by atoms with Crippen LogP contribution in [0.1, 0.15) is 28.5 Å². The molecular weight excluding hydrogens is 280 g/mol. The smallest absolute Gasteiger partial charge is 0.258 e. The second-order valence-electron chi connectivity index (χ2n) is 6.12. The monoisotopic (exact) mass is 300 g/mol. The summed E-state index contributed by atoms with van der Waals surface area (Å²) in [7, 11) is 1.78. The summed E-state index contributed by atoms with van der Waals surface area (Å²) in [6, 6.07) is 2.16. The Morgan fingerprint density at radius 3 is 3.05 bits per heavy atom. The average molecular weight is 300 g/mol. The molecule has 2 aliphatic rings. The molecule has 0 saturated carbocycles. The van der Waals surface area contributed by atoms with E-state index in [1.807, 2.05) is 6.92 Å². The van der Waals surface area contributed by atoms with Gasteiger partial charge in [-0.05, 0) is 13.0 Å². The van der Waals surface area contributed by atoms with Crippen molar-refractivity contribution < 1.29 is 0 Å². The minimum atomic E-state index is 0.0818. The van der Waals surface area contributed by atoms with Crippen LogP contribution in [0.5, 0.6) is 0 Å². The number of nitrogens with one attached hydrogen (secondary N) is 1. The molecule has 0 atom stereocenters. The quantitative estimate of drug-likeness (QED) is 0.839. The molecule has 2 aliphatic heterocycles. The number of hydrogen-bond acceptors (Lipinski definition) is 5. The molecular formula is C15H20N6O. The fraction of sp³-hybridized carbons (Fsp3) is 0.533. The van der Waals surface area contributed by atoms with Gasteiger partial charge in [0.2, 0.25) is 0 Å². The lowest BCUT2D eigenvalue weighted by Gasteiger charge is -2.13. The molecule has 0 fully saturated rings. The molecule has 7 nitrogen and oxygen atoms in total. The van der Waals surface area contributed by atoms with Gasteiger partial charge in [-0.25, -0.2) is 4.98 Å². The molecule has 0 amide bonds. The molecule has 0 aliphatic carbocycles. The number of rotatable bonds is 2. The largest absolute Gasteiger partial charge is 0.309 e. The molecule has 0 radical (unpaired) electrons. The van der Waals surface area contributed by atoms with Crippen LogP contribution in [0.2, 0.25) is 0 Å².